The predicted octanol–water partition coefficient (Wildman–Crippen LogP) is 2.89. The Morgan fingerprint density at radius 3 is 2.65 bits per heavy atom. The van der Waals surface area contributed by atoms with Crippen molar-refractivity contribution in [2.24, 2.45) is 5.41 Å². The van der Waals surface area contributed by atoms with Crippen molar-refractivity contribution in [1.82, 2.24) is 4.90 Å². The van der Waals surface area contributed by atoms with Gasteiger partial charge in [0.2, 0.25) is 5.91 Å². The highest BCUT2D eigenvalue weighted by Crippen LogP contribution is 2.30. The van der Waals surface area contributed by atoms with Gasteiger partial charge in [-0.2, -0.15) is 0 Å². The molecule has 1 aliphatic heterocycles. The number of thioether (sulfide) groups is 1. The molecule has 1 fully saturated rings. The van der Waals surface area contributed by atoms with Crippen LogP contribution in [0.4, 0.5) is 0 Å². The Bertz CT molecular complexity index is 560. The van der Waals surface area contributed by atoms with Crippen LogP contribution in [-0.2, 0) is 9.59 Å². The number of aliphatic carboxylic acids is 1. The minimum absolute atomic E-state index is 0.00365. The smallest absolute Gasteiger partial charge is 0.311 e. The van der Waals surface area contributed by atoms with Gasteiger partial charge in [-0.15, -0.1) is 11.8 Å². The van der Waals surface area contributed by atoms with E-state index in [0.29, 0.717) is 31.9 Å². The van der Waals surface area contributed by atoms with Gasteiger partial charge < -0.3 is 14.7 Å². The third-order valence-electron chi connectivity index (χ3n) is 4.06. The van der Waals surface area contributed by atoms with Gasteiger partial charge in [-0.05, 0) is 51.0 Å². The first-order chi connectivity index (χ1) is 10.9. The van der Waals surface area contributed by atoms with Crippen LogP contribution in [0, 0.1) is 5.41 Å². The van der Waals surface area contributed by atoms with Gasteiger partial charge in [0.25, 0.3) is 0 Å². The zero-order valence-electron chi connectivity index (χ0n) is 13.6. The monoisotopic (exact) mass is 337 g/mol. The van der Waals surface area contributed by atoms with Gasteiger partial charge >= 0.3 is 5.97 Å². The normalized spacial score (nSPS) is 21.0. The number of nitrogens with zero attached hydrogens (tertiary/aromatic N) is 1. The van der Waals surface area contributed by atoms with Gasteiger partial charge in [0.05, 0.1) is 17.8 Å². The van der Waals surface area contributed by atoms with Crippen molar-refractivity contribution < 1.29 is 19.4 Å². The molecule has 23 heavy (non-hydrogen) atoms. The van der Waals surface area contributed by atoms with E-state index in [-0.39, 0.29) is 5.91 Å². The number of ether oxygens (including phenoxy) is 1. The summed E-state index contributed by atoms with van der Waals surface area (Å²) < 4.78 is 5.39. The van der Waals surface area contributed by atoms with Crippen molar-refractivity contribution in [1.29, 1.82) is 0 Å². The average Bonchev–Trinajstić information content (AvgIpc) is 2.54. The summed E-state index contributed by atoms with van der Waals surface area (Å²) in [4.78, 5) is 26.4. The van der Waals surface area contributed by atoms with E-state index in [9.17, 15) is 14.7 Å². The Hall–Kier alpha value is -1.69. The molecule has 1 aliphatic rings. The van der Waals surface area contributed by atoms with Gasteiger partial charge in [-0.1, -0.05) is 0 Å². The fourth-order valence-electron chi connectivity index (χ4n) is 2.66. The first kappa shape index (κ1) is 17.7. The number of carboxylic acids is 1. The molecule has 6 heteroatoms. The first-order valence-electron chi connectivity index (χ1n) is 7.81. The second kappa shape index (κ2) is 7.73. The third kappa shape index (κ3) is 4.64. The second-order valence-corrected chi connectivity index (χ2v) is 7.03. The number of piperidine rings is 1. The van der Waals surface area contributed by atoms with E-state index in [1.807, 2.05) is 31.2 Å². The van der Waals surface area contributed by atoms with Gasteiger partial charge in [0.1, 0.15) is 5.75 Å². The van der Waals surface area contributed by atoms with Gasteiger partial charge in [-0.25, -0.2) is 0 Å². The highest BCUT2D eigenvalue weighted by atomic mass is 32.2. The fourth-order valence-corrected chi connectivity index (χ4v) is 3.46. The summed E-state index contributed by atoms with van der Waals surface area (Å²) in [5.41, 5.74) is -0.822. The molecule has 0 bridgehead atoms. The maximum Gasteiger partial charge on any atom is 0.311 e. The maximum atomic E-state index is 12.3. The van der Waals surface area contributed by atoms with Gasteiger partial charge in [0.15, 0.2) is 0 Å². The molecule has 0 aliphatic carbocycles. The molecule has 0 saturated carbocycles. The Kier molecular flexibility index (Phi) is 5.93. The first-order valence-corrected chi connectivity index (χ1v) is 8.80. The molecule has 126 valence electrons. The summed E-state index contributed by atoms with van der Waals surface area (Å²) in [6, 6.07) is 7.64. The zero-order chi connectivity index (χ0) is 16.9. The van der Waals surface area contributed by atoms with Crippen molar-refractivity contribution in [3.63, 3.8) is 0 Å². The van der Waals surface area contributed by atoms with Crippen LogP contribution < -0.4 is 4.74 Å². The summed E-state index contributed by atoms with van der Waals surface area (Å²) >= 11 is 1.46. The third-order valence-corrected chi connectivity index (χ3v) is 5.06. The lowest BCUT2D eigenvalue weighted by Gasteiger charge is -2.37. The molecule has 5 nitrogen and oxygen atoms in total. The molecule has 1 amide bonds. The van der Waals surface area contributed by atoms with Crippen molar-refractivity contribution in [2.45, 2.75) is 31.6 Å². The van der Waals surface area contributed by atoms with E-state index in [1.54, 1.807) is 11.8 Å². The number of amides is 1. The van der Waals surface area contributed by atoms with Crippen LogP contribution >= 0.6 is 11.8 Å². The number of hydrogen-bond acceptors (Lipinski definition) is 4. The summed E-state index contributed by atoms with van der Waals surface area (Å²) in [7, 11) is 0. The highest BCUT2D eigenvalue weighted by molar-refractivity contribution is 8.00. The highest BCUT2D eigenvalue weighted by Gasteiger charge is 2.39. The van der Waals surface area contributed by atoms with Crippen LogP contribution in [-0.4, -0.2) is 47.3 Å². The average molecular weight is 337 g/mol. The van der Waals surface area contributed by atoms with E-state index in [4.69, 9.17) is 4.74 Å². The molecule has 1 heterocycles. The largest absolute Gasteiger partial charge is 0.494 e. The number of benzene rings is 1. The minimum Gasteiger partial charge on any atom is -0.494 e. The Labute approximate surface area is 141 Å². The number of rotatable bonds is 6. The van der Waals surface area contributed by atoms with E-state index < -0.39 is 11.4 Å². The molecule has 1 unspecified atom stereocenters. The summed E-state index contributed by atoms with van der Waals surface area (Å²) in [6.07, 6.45) is 1.36. The number of carbonyl (C=O) groups excluding carboxylic acids is 1. The van der Waals surface area contributed by atoms with Crippen molar-refractivity contribution in [3.05, 3.63) is 24.3 Å². The van der Waals surface area contributed by atoms with E-state index in [0.717, 1.165) is 17.1 Å². The molecule has 2 rings (SSSR count). The molecule has 1 aromatic carbocycles. The van der Waals surface area contributed by atoms with Crippen LogP contribution in [0.2, 0.25) is 0 Å². The van der Waals surface area contributed by atoms with Crippen LogP contribution in [0.5, 0.6) is 5.75 Å². The van der Waals surface area contributed by atoms with Crippen molar-refractivity contribution in [2.75, 3.05) is 25.4 Å². The Morgan fingerprint density at radius 1 is 1.35 bits per heavy atom. The van der Waals surface area contributed by atoms with Crippen LogP contribution in [0.15, 0.2) is 29.2 Å². The van der Waals surface area contributed by atoms with Crippen LogP contribution in [0.25, 0.3) is 0 Å². The van der Waals surface area contributed by atoms with E-state index in [1.165, 1.54) is 11.8 Å². The summed E-state index contributed by atoms with van der Waals surface area (Å²) in [5, 5.41) is 9.32. The molecule has 0 radical (unpaired) electrons. The van der Waals surface area contributed by atoms with Crippen molar-refractivity contribution >= 4 is 23.6 Å². The lowest BCUT2D eigenvalue weighted by Crippen LogP contribution is -2.48. The van der Waals surface area contributed by atoms with Crippen molar-refractivity contribution in [3.8, 4) is 5.75 Å². The number of carbonyl (C=O) groups is 2. The van der Waals surface area contributed by atoms with E-state index >= 15 is 0 Å². The Morgan fingerprint density at radius 2 is 2.04 bits per heavy atom. The molecular formula is C17H23NO4S. The lowest BCUT2D eigenvalue weighted by atomic mass is 9.82. The molecule has 0 spiro atoms. The molecular weight excluding hydrogens is 314 g/mol. The van der Waals surface area contributed by atoms with E-state index in [2.05, 4.69) is 0 Å². The van der Waals surface area contributed by atoms with Gasteiger partial charge in [0, 0.05) is 18.0 Å². The standard InChI is InChI=1S/C17H23NO4S/c1-3-22-13-5-7-14(8-6-13)23-11-15(19)18-10-4-9-17(2,12-18)16(20)21/h5-8H,3-4,9-12H2,1-2H3,(H,20,21). The summed E-state index contributed by atoms with van der Waals surface area (Å²) in [6.45, 7) is 5.22. The fraction of sp³-hybridized carbons (Fsp3) is 0.529. The maximum absolute atomic E-state index is 12.3. The molecule has 1 saturated heterocycles. The second-order valence-electron chi connectivity index (χ2n) is 5.98. The number of hydrogen-bond donors (Lipinski definition) is 1. The molecule has 1 atom stereocenters. The van der Waals surface area contributed by atoms with Crippen LogP contribution in [0.1, 0.15) is 26.7 Å². The topological polar surface area (TPSA) is 66.8 Å². The zero-order valence-corrected chi connectivity index (χ0v) is 14.4. The Balaban J connectivity index is 1.88. The minimum atomic E-state index is -0.825. The number of likely N-dealkylation sites (tertiary alicyclic amines) is 1. The summed E-state index contributed by atoms with van der Waals surface area (Å²) in [5.74, 6) is 0.311. The SMILES string of the molecule is CCOc1ccc(SCC(=O)N2CCCC(C)(C(=O)O)C2)cc1. The van der Waals surface area contributed by atoms with Gasteiger partial charge in [-0.3, -0.25) is 9.59 Å². The quantitative estimate of drug-likeness (QED) is 0.809. The molecule has 1 aromatic rings. The predicted molar refractivity (Wildman–Crippen MR) is 89.9 cm³/mol. The molecule has 0 aromatic heterocycles. The number of carboxylic acid groups (broad SMARTS) is 1. The van der Waals surface area contributed by atoms with Crippen LogP contribution in [0.3, 0.4) is 0 Å². The lowest BCUT2D eigenvalue weighted by molar-refractivity contribution is -0.153. The molecule has 1 N–H and O–H groups in total.